The zero-order chi connectivity index (χ0) is 9.30. The Morgan fingerprint density at radius 2 is 1.86 bits per heavy atom. The van der Waals surface area contributed by atoms with Crippen LogP contribution in [0.25, 0.3) is 0 Å². The molecule has 0 radical (unpaired) electrons. The van der Waals surface area contributed by atoms with Gasteiger partial charge in [0.2, 0.25) is 0 Å². The molecule has 3 nitrogen and oxygen atoms in total. The number of rotatable bonds is 1. The van der Waals surface area contributed by atoms with Crippen LogP contribution in [-0.4, -0.2) is 5.91 Å². The third-order valence-corrected chi connectivity index (χ3v) is 1.72. The summed E-state index contributed by atoms with van der Waals surface area (Å²) >= 11 is 5.53. The Balaban J connectivity index is 0. The summed E-state index contributed by atoms with van der Waals surface area (Å²) in [7, 11) is 0. The molecule has 0 fully saturated rings. The molecule has 0 spiro atoms. The molecule has 0 saturated heterocycles. The Morgan fingerprint density at radius 1 is 1.36 bits per heavy atom. The van der Waals surface area contributed by atoms with Gasteiger partial charge in [0.1, 0.15) is 5.82 Å². The maximum Gasteiger partial charge on any atom is 0.253 e. The minimum atomic E-state index is -0.924. The van der Waals surface area contributed by atoms with Crippen molar-refractivity contribution in [3.05, 3.63) is 28.5 Å². The van der Waals surface area contributed by atoms with Crippen LogP contribution < -0.4 is 11.5 Å². The molecule has 0 aliphatic carbocycles. The molecule has 1 aromatic rings. The van der Waals surface area contributed by atoms with Crippen LogP contribution in [0, 0.1) is 5.82 Å². The number of nitrogen functional groups attached to an aromatic ring is 1. The number of primary amides is 1. The number of halogens is 4. The molecular weight excluding hydrogens is 253 g/mol. The first-order valence-electron chi connectivity index (χ1n) is 3.07. The lowest BCUT2D eigenvalue weighted by Crippen LogP contribution is -2.15. The van der Waals surface area contributed by atoms with Crippen LogP contribution in [-0.2, 0) is 0 Å². The van der Waals surface area contributed by atoms with Crippen molar-refractivity contribution in [2.45, 2.75) is 0 Å². The van der Waals surface area contributed by atoms with Gasteiger partial charge >= 0.3 is 0 Å². The fourth-order valence-electron chi connectivity index (χ4n) is 0.818. The molecule has 1 aromatic carbocycles. The average molecular weight is 262 g/mol. The van der Waals surface area contributed by atoms with E-state index >= 15 is 0 Å². The summed E-state index contributed by atoms with van der Waals surface area (Å²) < 4.78 is 12.8. The van der Waals surface area contributed by atoms with E-state index in [9.17, 15) is 9.18 Å². The first-order valence-corrected chi connectivity index (χ1v) is 3.45. The molecule has 0 heterocycles. The SMILES string of the molecule is Cl.Cl.NC(=O)c1c(F)ccc(Cl)c1N. The summed E-state index contributed by atoms with van der Waals surface area (Å²) in [5.74, 6) is -1.68. The van der Waals surface area contributed by atoms with Gasteiger partial charge in [-0.25, -0.2) is 4.39 Å². The van der Waals surface area contributed by atoms with E-state index in [-0.39, 0.29) is 41.1 Å². The Kier molecular flexibility index (Phi) is 6.64. The number of hydrogen-bond acceptors (Lipinski definition) is 2. The topological polar surface area (TPSA) is 69.1 Å². The molecule has 0 saturated carbocycles. The van der Waals surface area contributed by atoms with Crippen molar-refractivity contribution in [3.63, 3.8) is 0 Å². The third kappa shape index (κ3) is 2.90. The lowest BCUT2D eigenvalue weighted by molar-refractivity contribution is 0.0997. The van der Waals surface area contributed by atoms with E-state index in [4.69, 9.17) is 23.1 Å². The fourth-order valence-corrected chi connectivity index (χ4v) is 0.975. The number of hydrogen-bond donors (Lipinski definition) is 2. The Morgan fingerprint density at radius 3 is 2.21 bits per heavy atom. The quantitative estimate of drug-likeness (QED) is 0.759. The van der Waals surface area contributed by atoms with Crippen LogP contribution >= 0.6 is 36.4 Å². The zero-order valence-corrected chi connectivity index (χ0v) is 9.18. The number of benzene rings is 1. The van der Waals surface area contributed by atoms with E-state index in [1.807, 2.05) is 0 Å². The largest absolute Gasteiger partial charge is 0.397 e. The molecular formula is C7H8Cl3FN2O. The van der Waals surface area contributed by atoms with Gasteiger partial charge < -0.3 is 11.5 Å². The van der Waals surface area contributed by atoms with Crippen LogP contribution in [0.2, 0.25) is 5.02 Å². The normalized spacial score (nSPS) is 8.43. The summed E-state index contributed by atoms with van der Waals surface area (Å²) in [4.78, 5) is 10.6. The maximum atomic E-state index is 12.8. The minimum absolute atomic E-state index is 0. The van der Waals surface area contributed by atoms with Crippen LogP contribution in [0.4, 0.5) is 10.1 Å². The fraction of sp³-hybridized carbons (Fsp3) is 0. The summed E-state index contributed by atoms with van der Waals surface area (Å²) in [6.07, 6.45) is 0. The predicted molar refractivity (Wildman–Crippen MR) is 58.8 cm³/mol. The van der Waals surface area contributed by atoms with Crippen molar-refractivity contribution in [2.24, 2.45) is 5.73 Å². The van der Waals surface area contributed by atoms with E-state index < -0.39 is 11.7 Å². The Labute approximate surface area is 97.4 Å². The molecule has 0 aliphatic heterocycles. The molecule has 0 aliphatic rings. The third-order valence-electron chi connectivity index (χ3n) is 1.39. The van der Waals surface area contributed by atoms with Gasteiger partial charge in [-0.1, -0.05) is 11.6 Å². The van der Waals surface area contributed by atoms with E-state index in [1.165, 1.54) is 6.07 Å². The van der Waals surface area contributed by atoms with Gasteiger partial charge in [0.15, 0.2) is 0 Å². The van der Waals surface area contributed by atoms with Gasteiger partial charge in [0.25, 0.3) is 5.91 Å². The molecule has 1 amide bonds. The van der Waals surface area contributed by atoms with E-state index in [2.05, 4.69) is 0 Å². The van der Waals surface area contributed by atoms with Crippen LogP contribution in [0.15, 0.2) is 12.1 Å². The Bertz CT molecular complexity index is 346. The molecule has 80 valence electrons. The summed E-state index contributed by atoms with van der Waals surface area (Å²) in [6, 6.07) is 2.30. The van der Waals surface area contributed by atoms with E-state index in [0.717, 1.165) is 6.07 Å². The molecule has 0 aromatic heterocycles. The summed E-state index contributed by atoms with van der Waals surface area (Å²) in [5.41, 5.74) is 9.70. The highest BCUT2D eigenvalue weighted by Crippen LogP contribution is 2.24. The van der Waals surface area contributed by atoms with Crippen molar-refractivity contribution < 1.29 is 9.18 Å². The van der Waals surface area contributed by atoms with Crippen molar-refractivity contribution in [3.8, 4) is 0 Å². The van der Waals surface area contributed by atoms with Crippen LogP contribution in [0.3, 0.4) is 0 Å². The first-order chi connectivity index (χ1) is 5.54. The maximum absolute atomic E-state index is 12.8. The standard InChI is InChI=1S/C7H6ClFN2O.2ClH/c8-3-1-2-4(9)5(6(3)10)7(11)12;;/h1-2H,10H2,(H2,11,12);2*1H. The van der Waals surface area contributed by atoms with Gasteiger partial charge in [-0.05, 0) is 12.1 Å². The predicted octanol–water partition coefficient (Wildman–Crippen LogP) is 2.00. The Hall–Kier alpha value is -0.710. The highest BCUT2D eigenvalue weighted by Gasteiger charge is 2.14. The number of carbonyl (C=O) groups excluding carboxylic acids is 1. The highest BCUT2D eigenvalue weighted by molar-refractivity contribution is 6.33. The summed E-state index contributed by atoms with van der Waals surface area (Å²) in [6.45, 7) is 0. The molecule has 4 N–H and O–H groups in total. The number of anilines is 1. The lowest BCUT2D eigenvalue weighted by atomic mass is 10.1. The zero-order valence-electron chi connectivity index (χ0n) is 6.79. The van der Waals surface area contributed by atoms with Gasteiger partial charge in [-0.15, -0.1) is 24.8 Å². The van der Waals surface area contributed by atoms with Crippen molar-refractivity contribution in [1.82, 2.24) is 0 Å². The van der Waals surface area contributed by atoms with E-state index in [1.54, 1.807) is 0 Å². The monoisotopic (exact) mass is 260 g/mol. The number of carbonyl (C=O) groups is 1. The number of nitrogens with two attached hydrogens (primary N) is 2. The molecule has 7 heteroatoms. The molecule has 0 unspecified atom stereocenters. The van der Waals surface area contributed by atoms with E-state index in [0.29, 0.717) is 0 Å². The second-order valence-corrected chi connectivity index (χ2v) is 2.59. The highest BCUT2D eigenvalue weighted by atomic mass is 35.5. The number of amides is 1. The molecule has 0 bridgehead atoms. The van der Waals surface area contributed by atoms with Crippen molar-refractivity contribution >= 4 is 48.0 Å². The van der Waals surface area contributed by atoms with Crippen molar-refractivity contribution in [1.29, 1.82) is 0 Å². The lowest BCUT2D eigenvalue weighted by Gasteiger charge is -2.03. The van der Waals surface area contributed by atoms with Crippen LogP contribution in [0.1, 0.15) is 10.4 Å². The average Bonchev–Trinajstić information content (AvgIpc) is 1.97. The molecule has 1 rings (SSSR count). The smallest absolute Gasteiger partial charge is 0.253 e. The second-order valence-electron chi connectivity index (χ2n) is 2.18. The van der Waals surface area contributed by atoms with Crippen LogP contribution in [0.5, 0.6) is 0 Å². The van der Waals surface area contributed by atoms with Gasteiger partial charge in [0, 0.05) is 0 Å². The minimum Gasteiger partial charge on any atom is -0.397 e. The van der Waals surface area contributed by atoms with Crippen molar-refractivity contribution in [2.75, 3.05) is 5.73 Å². The first kappa shape index (κ1) is 15.7. The van der Waals surface area contributed by atoms with Gasteiger partial charge in [-0.3, -0.25) is 4.79 Å². The second kappa shape index (κ2) is 5.90. The molecule has 0 atom stereocenters. The summed E-state index contributed by atoms with van der Waals surface area (Å²) in [5, 5.41) is 0.116. The molecule has 14 heavy (non-hydrogen) atoms. The van der Waals surface area contributed by atoms with Gasteiger partial charge in [0.05, 0.1) is 16.3 Å². The van der Waals surface area contributed by atoms with Gasteiger partial charge in [-0.2, -0.15) is 0 Å².